The van der Waals surface area contributed by atoms with Gasteiger partial charge in [-0.15, -0.1) is 10.2 Å². The van der Waals surface area contributed by atoms with E-state index in [2.05, 4.69) is 44.7 Å². The minimum absolute atomic E-state index is 0.205. The minimum Gasteiger partial charge on any atom is -0.496 e. The molecule has 6 nitrogen and oxygen atoms in total. The normalized spacial score (nSPS) is 16.4. The van der Waals surface area contributed by atoms with Crippen LogP contribution in [0.3, 0.4) is 0 Å². The highest BCUT2D eigenvalue weighted by Crippen LogP contribution is 2.29. The van der Waals surface area contributed by atoms with E-state index in [0.29, 0.717) is 5.82 Å². The molecule has 0 amide bonds. The lowest BCUT2D eigenvalue weighted by molar-refractivity contribution is 0.408. The van der Waals surface area contributed by atoms with Gasteiger partial charge in [-0.1, -0.05) is 19.8 Å². The molecule has 126 valence electrons. The average molecular weight is 325 g/mol. The molecule has 1 atom stereocenters. The third kappa shape index (κ3) is 3.69. The van der Waals surface area contributed by atoms with Crippen LogP contribution in [0.15, 0.2) is 34.8 Å². The van der Waals surface area contributed by atoms with E-state index < -0.39 is 0 Å². The SMILES string of the molecule is CCCCCC1=CC=NC1Cc1cc(-c2nn[nH]n2)ccc1OC. The summed E-state index contributed by atoms with van der Waals surface area (Å²) in [6.07, 6.45) is 9.76. The van der Waals surface area contributed by atoms with Gasteiger partial charge in [0.25, 0.3) is 0 Å². The molecule has 0 saturated carbocycles. The highest BCUT2D eigenvalue weighted by molar-refractivity contribution is 5.76. The van der Waals surface area contributed by atoms with Crippen molar-refractivity contribution in [3.05, 3.63) is 35.4 Å². The number of allylic oxidation sites excluding steroid dienone is 1. The van der Waals surface area contributed by atoms with Crippen LogP contribution in [-0.4, -0.2) is 40.0 Å². The third-order valence-electron chi connectivity index (χ3n) is 4.35. The van der Waals surface area contributed by atoms with Crippen LogP contribution in [-0.2, 0) is 6.42 Å². The molecule has 1 aliphatic rings. The maximum absolute atomic E-state index is 5.53. The third-order valence-corrected chi connectivity index (χ3v) is 4.35. The number of H-pyrrole nitrogens is 1. The fourth-order valence-electron chi connectivity index (χ4n) is 3.03. The van der Waals surface area contributed by atoms with Crippen molar-refractivity contribution in [1.29, 1.82) is 0 Å². The lowest BCUT2D eigenvalue weighted by Gasteiger charge is -2.16. The number of nitrogens with one attached hydrogen (secondary N) is 1. The molecule has 6 heteroatoms. The van der Waals surface area contributed by atoms with Gasteiger partial charge in [0.05, 0.1) is 13.2 Å². The van der Waals surface area contributed by atoms with Crippen LogP contribution in [0.4, 0.5) is 0 Å². The van der Waals surface area contributed by atoms with Gasteiger partial charge in [0, 0.05) is 18.2 Å². The van der Waals surface area contributed by atoms with E-state index >= 15 is 0 Å². The Bertz CT molecular complexity index is 721. The van der Waals surface area contributed by atoms with Crippen molar-refractivity contribution in [2.24, 2.45) is 4.99 Å². The summed E-state index contributed by atoms with van der Waals surface area (Å²) in [5.41, 5.74) is 3.46. The summed E-state index contributed by atoms with van der Waals surface area (Å²) in [6.45, 7) is 2.23. The number of aromatic nitrogens is 4. The molecule has 0 bridgehead atoms. The van der Waals surface area contributed by atoms with Gasteiger partial charge in [-0.2, -0.15) is 5.21 Å². The highest BCUT2D eigenvalue weighted by atomic mass is 16.5. The second kappa shape index (κ2) is 7.86. The zero-order chi connectivity index (χ0) is 16.8. The maximum Gasteiger partial charge on any atom is 0.204 e. The van der Waals surface area contributed by atoms with Crippen molar-refractivity contribution in [3.63, 3.8) is 0 Å². The molecule has 3 rings (SSSR count). The van der Waals surface area contributed by atoms with Crippen molar-refractivity contribution < 1.29 is 4.74 Å². The van der Waals surface area contributed by atoms with Crippen molar-refractivity contribution in [3.8, 4) is 17.1 Å². The summed E-state index contributed by atoms with van der Waals surface area (Å²) in [6, 6.07) is 6.18. The predicted molar refractivity (Wildman–Crippen MR) is 94.4 cm³/mol. The Morgan fingerprint density at radius 1 is 1.25 bits per heavy atom. The number of nitrogens with zero attached hydrogens (tertiary/aromatic N) is 4. The summed E-state index contributed by atoms with van der Waals surface area (Å²) in [5.74, 6) is 1.46. The Kier molecular flexibility index (Phi) is 5.36. The standard InChI is InChI=1S/C18H23N5O/c1-3-4-5-6-13-9-10-19-16(13)12-15-11-14(7-8-17(15)24-2)18-20-22-23-21-18/h7-11,16H,3-6,12H2,1-2H3,(H,20,21,22,23). The number of tetrazole rings is 1. The summed E-state index contributed by atoms with van der Waals surface area (Å²) in [5, 5.41) is 14.2. The molecule has 2 heterocycles. The summed E-state index contributed by atoms with van der Waals surface area (Å²) in [7, 11) is 1.70. The number of methoxy groups -OCH3 is 1. The zero-order valence-corrected chi connectivity index (χ0v) is 14.2. The molecule has 0 fully saturated rings. The van der Waals surface area contributed by atoms with Crippen LogP contribution < -0.4 is 4.74 Å². The fourth-order valence-corrected chi connectivity index (χ4v) is 3.03. The molecule has 0 radical (unpaired) electrons. The van der Waals surface area contributed by atoms with E-state index in [1.807, 2.05) is 18.3 Å². The van der Waals surface area contributed by atoms with Crippen molar-refractivity contribution in [2.75, 3.05) is 7.11 Å². The Morgan fingerprint density at radius 2 is 2.17 bits per heavy atom. The van der Waals surface area contributed by atoms with E-state index in [-0.39, 0.29) is 6.04 Å². The minimum atomic E-state index is 0.205. The quantitative estimate of drug-likeness (QED) is 0.755. The van der Waals surface area contributed by atoms with Crippen LogP contribution in [0.25, 0.3) is 11.4 Å². The molecular formula is C18H23N5O. The molecule has 2 aromatic rings. The molecule has 1 unspecified atom stereocenters. The Hall–Kier alpha value is -2.50. The van der Waals surface area contributed by atoms with Crippen LogP contribution in [0.1, 0.15) is 38.2 Å². The maximum atomic E-state index is 5.53. The fraction of sp³-hybridized carbons (Fsp3) is 0.444. The predicted octanol–water partition coefficient (Wildman–Crippen LogP) is 3.38. The largest absolute Gasteiger partial charge is 0.496 e. The van der Waals surface area contributed by atoms with Crippen LogP contribution in [0.5, 0.6) is 5.75 Å². The molecule has 1 aromatic heterocycles. The molecule has 1 N–H and O–H groups in total. The van der Waals surface area contributed by atoms with Gasteiger partial charge < -0.3 is 4.74 Å². The molecule has 24 heavy (non-hydrogen) atoms. The Balaban J connectivity index is 1.77. The first-order chi connectivity index (χ1) is 11.8. The number of unbranched alkanes of at least 4 members (excludes halogenated alkanes) is 2. The summed E-state index contributed by atoms with van der Waals surface area (Å²) >= 11 is 0. The average Bonchev–Trinajstić information content (AvgIpc) is 3.27. The van der Waals surface area contributed by atoms with Crippen molar-refractivity contribution in [2.45, 2.75) is 45.1 Å². The van der Waals surface area contributed by atoms with Gasteiger partial charge in [-0.3, -0.25) is 4.99 Å². The molecule has 1 aromatic carbocycles. The smallest absolute Gasteiger partial charge is 0.204 e. The monoisotopic (exact) mass is 325 g/mol. The lowest BCUT2D eigenvalue weighted by atomic mass is 9.95. The van der Waals surface area contributed by atoms with Crippen LogP contribution in [0, 0.1) is 0 Å². The first-order valence-corrected chi connectivity index (χ1v) is 8.44. The Labute approximate surface area is 142 Å². The summed E-state index contributed by atoms with van der Waals surface area (Å²) < 4.78 is 5.53. The highest BCUT2D eigenvalue weighted by Gasteiger charge is 2.19. The van der Waals surface area contributed by atoms with E-state index in [0.717, 1.165) is 29.7 Å². The van der Waals surface area contributed by atoms with Gasteiger partial charge >= 0.3 is 0 Å². The van der Waals surface area contributed by atoms with Crippen molar-refractivity contribution in [1.82, 2.24) is 20.6 Å². The second-order valence-electron chi connectivity index (χ2n) is 5.98. The van der Waals surface area contributed by atoms with E-state index in [1.54, 1.807) is 7.11 Å². The number of ether oxygens (including phenoxy) is 1. The number of aliphatic imine (C=N–C) groups is 1. The van der Waals surface area contributed by atoms with Crippen LogP contribution in [0.2, 0.25) is 0 Å². The van der Waals surface area contributed by atoms with Gasteiger partial charge in [-0.05, 0) is 53.5 Å². The van der Waals surface area contributed by atoms with Gasteiger partial charge in [0.1, 0.15) is 5.75 Å². The molecular weight excluding hydrogens is 302 g/mol. The van der Waals surface area contributed by atoms with Crippen molar-refractivity contribution >= 4 is 6.21 Å². The molecule has 0 aliphatic carbocycles. The first-order valence-electron chi connectivity index (χ1n) is 8.44. The number of rotatable bonds is 8. The Morgan fingerprint density at radius 3 is 2.92 bits per heavy atom. The van der Waals surface area contributed by atoms with Crippen LogP contribution >= 0.6 is 0 Å². The van der Waals surface area contributed by atoms with E-state index in [1.165, 1.54) is 24.8 Å². The topological polar surface area (TPSA) is 76.0 Å². The zero-order valence-electron chi connectivity index (χ0n) is 14.2. The van der Waals surface area contributed by atoms with Gasteiger partial charge in [0.15, 0.2) is 0 Å². The molecule has 0 spiro atoms. The number of hydrogen-bond donors (Lipinski definition) is 1. The molecule has 1 aliphatic heterocycles. The lowest BCUT2D eigenvalue weighted by Crippen LogP contribution is -2.10. The van der Waals surface area contributed by atoms with E-state index in [9.17, 15) is 0 Å². The first kappa shape index (κ1) is 16.4. The number of benzene rings is 1. The number of aromatic amines is 1. The summed E-state index contributed by atoms with van der Waals surface area (Å²) in [4.78, 5) is 4.64. The van der Waals surface area contributed by atoms with Gasteiger partial charge in [0.2, 0.25) is 5.82 Å². The molecule has 0 saturated heterocycles. The second-order valence-corrected chi connectivity index (χ2v) is 5.98. The number of hydrogen-bond acceptors (Lipinski definition) is 5. The van der Waals surface area contributed by atoms with Gasteiger partial charge in [-0.25, -0.2) is 0 Å². The van der Waals surface area contributed by atoms with E-state index in [4.69, 9.17) is 4.74 Å².